The molecule has 2 aromatic rings. The van der Waals surface area contributed by atoms with E-state index < -0.39 is 0 Å². The van der Waals surface area contributed by atoms with Gasteiger partial charge in [0, 0.05) is 32.1 Å². The molecule has 2 unspecified atom stereocenters. The first-order valence-corrected chi connectivity index (χ1v) is 10.3. The fraction of sp³-hybridized carbons (Fsp3) is 0.545. The molecule has 2 saturated heterocycles. The molecule has 0 aliphatic carbocycles. The molecule has 1 aromatic heterocycles. The third-order valence-corrected chi connectivity index (χ3v) is 5.85. The van der Waals surface area contributed by atoms with E-state index in [-0.39, 0.29) is 17.9 Å². The van der Waals surface area contributed by atoms with Gasteiger partial charge in [-0.25, -0.2) is 9.78 Å². The lowest BCUT2D eigenvalue weighted by molar-refractivity contribution is 0.0393. The van der Waals surface area contributed by atoms with Crippen molar-refractivity contribution in [3.63, 3.8) is 0 Å². The second-order valence-electron chi connectivity index (χ2n) is 7.82. The van der Waals surface area contributed by atoms with Gasteiger partial charge in [0.1, 0.15) is 5.76 Å². The van der Waals surface area contributed by atoms with E-state index in [1.165, 1.54) is 11.1 Å². The van der Waals surface area contributed by atoms with Crippen LogP contribution in [0.25, 0.3) is 0 Å². The number of benzene rings is 1. The van der Waals surface area contributed by atoms with Gasteiger partial charge in [0.25, 0.3) is 0 Å². The first kappa shape index (κ1) is 19.0. The summed E-state index contributed by atoms with van der Waals surface area (Å²) in [5, 5.41) is 0. The second kappa shape index (κ2) is 8.35. The number of oxazole rings is 1. The van der Waals surface area contributed by atoms with Gasteiger partial charge in [-0.05, 0) is 30.9 Å². The molecule has 2 amide bonds. The standard InChI is InChI=1S/C22H29N3O3/c1-3-17-4-6-18(7-5-17)19-12-20(21-23-13-16(2)28-21)15-25(14-19)22(26)24-8-10-27-11-9-24/h4-7,13,19-20H,3,8-12,14-15H2,1-2H3. The first-order chi connectivity index (χ1) is 13.6. The van der Waals surface area contributed by atoms with E-state index in [0.29, 0.717) is 32.8 Å². The SMILES string of the molecule is CCc1ccc(C2CC(c3ncc(C)o3)CN(C(=O)N3CCOCC3)C2)cc1. The van der Waals surface area contributed by atoms with E-state index in [2.05, 4.69) is 36.2 Å². The van der Waals surface area contributed by atoms with E-state index >= 15 is 0 Å². The number of rotatable bonds is 3. The first-order valence-electron chi connectivity index (χ1n) is 10.3. The van der Waals surface area contributed by atoms with Crippen molar-refractivity contribution >= 4 is 6.03 Å². The van der Waals surface area contributed by atoms with Crippen molar-refractivity contribution in [1.82, 2.24) is 14.8 Å². The number of hydrogen-bond donors (Lipinski definition) is 0. The molecule has 6 nitrogen and oxygen atoms in total. The zero-order chi connectivity index (χ0) is 19.5. The zero-order valence-electron chi connectivity index (χ0n) is 16.8. The van der Waals surface area contributed by atoms with Crippen molar-refractivity contribution in [1.29, 1.82) is 0 Å². The van der Waals surface area contributed by atoms with Crippen LogP contribution in [0.5, 0.6) is 0 Å². The highest BCUT2D eigenvalue weighted by Crippen LogP contribution is 2.36. The average molecular weight is 383 g/mol. The third kappa shape index (κ3) is 4.07. The fourth-order valence-electron chi connectivity index (χ4n) is 4.22. The van der Waals surface area contributed by atoms with Crippen molar-refractivity contribution in [2.24, 2.45) is 0 Å². The smallest absolute Gasteiger partial charge is 0.320 e. The zero-order valence-corrected chi connectivity index (χ0v) is 16.8. The maximum atomic E-state index is 13.2. The Morgan fingerprint density at radius 1 is 1.11 bits per heavy atom. The van der Waals surface area contributed by atoms with Crippen molar-refractivity contribution in [3.05, 3.63) is 53.2 Å². The van der Waals surface area contributed by atoms with Gasteiger partial charge in [-0.2, -0.15) is 0 Å². The highest BCUT2D eigenvalue weighted by atomic mass is 16.5. The number of carbonyl (C=O) groups is 1. The Labute approximate surface area is 166 Å². The Morgan fingerprint density at radius 2 is 1.82 bits per heavy atom. The van der Waals surface area contributed by atoms with Crippen LogP contribution in [0.1, 0.15) is 48.0 Å². The largest absolute Gasteiger partial charge is 0.446 e. The summed E-state index contributed by atoms with van der Waals surface area (Å²) < 4.78 is 11.2. The number of piperidine rings is 1. The molecule has 2 fully saturated rings. The third-order valence-electron chi connectivity index (χ3n) is 5.85. The van der Waals surface area contributed by atoms with Crippen LogP contribution < -0.4 is 0 Å². The summed E-state index contributed by atoms with van der Waals surface area (Å²) >= 11 is 0. The van der Waals surface area contributed by atoms with Crippen LogP contribution >= 0.6 is 0 Å². The number of morpholine rings is 1. The van der Waals surface area contributed by atoms with Crippen LogP contribution in [0.4, 0.5) is 4.79 Å². The molecule has 3 heterocycles. The topological polar surface area (TPSA) is 58.8 Å². The van der Waals surface area contributed by atoms with Crippen LogP contribution in [0.15, 0.2) is 34.9 Å². The van der Waals surface area contributed by atoms with Crippen LogP contribution in [-0.2, 0) is 11.2 Å². The van der Waals surface area contributed by atoms with Crippen molar-refractivity contribution in [2.45, 2.75) is 38.5 Å². The lowest BCUT2D eigenvalue weighted by Gasteiger charge is -2.40. The molecule has 2 aliphatic heterocycles. The molecule has 0 spiro atoms. The van der Waals surface area contributed by atoms with Gasteiger partial charge in [-0.1, -0.05) is 31.2 Å². The molecule has 6 heteroatoms. The minimum Gasteiger partial charge on any atom is -0.446 e. The van der Waals surface area contributed by atoms with Gasteiger partial charge in [0.2, 0.25) is 0 Å². The Bertz CT molecular complexity index is 796. The number of aryl methyl sites for hydroxylation is 2. The molecule has 0 bridgehead atoms. The summed E-state index contributed by atoms with van der Waals surface area (Å²) in [4.78, 5) is 21.5. The average Bonchev–Trinajstić information content (AvgIpc) is 3.20. The highest BCUT2D eigenvalue weighted by molar-refractivity contribution is 5.75. The Morgan fingerprint density at radius 3 is 2.46 bits per heavy atom. The second-order valence-corrected chi connectivity index (χ2v) is 7.82. The molecule has 0 N–H and O–H groups in total. The number of carbonyl (C=O) groups excluding carboxylic acids is 1. The number of amides is 2. The molecule has 2 atom stereocenters. The Kier molecular flexibility index (Phi) is 5.67. The van der Waals surface area contributed by atoms with E-state index in [4.69, 9.17) is 9.15 Å². The predicted molar refractivity (Wildman–Crippen MR) is 107 cm³/mol. The number of hydrogen-bond acceptors (Lipinski definition) is 4. The minimum absolute atomic E-state index is 0.103. The molecule has 0 saturated carbocycles. The lowest BCUT2D eigenvalue weighted by atomic mass is 9.84. The summed E-state index contributed by atoms with van der Waals surface area (Å²) in [6.45, 7) is 8.02. The van der Waals surface area contributed by atoms with E-state index in [0.717, 1.165) is 31.0 Å². The molecular weight excluding hydrogens is 354 g/mol. The molecule has 0 radical (unpaired) electrons. The summed E-state index contributed by atoms with van der Waals surface area (Å²) in [5.41, 5.74) is 2.62. The summed E-state index contributed by atoms with van der Waals surface area (Å²) in [7, 11) is 0. The minimum atomic E-state index is 0.103. The van der Waals surface area contributed by atoms with Crippen molar-refractivity contribution < 1.29 is 13.9 Å². The molecular formula is C22H29N3O3. The van der Waals surface area contributed by atoms with Crippen molar-refractivity contribution in [2.75, 3.05) is 39.4 Å². The maximum Gasteiger partial charge on any atom is 0.320 e. The van der Waals surface area contributed by atoms with Crippen LogP contribution in [-0.4, -0.2) is 60.2 Å². The van der Waals surface area contributed by atoms with Gasteiger partial charge in [-0.15, -0.1) is 0 Å². The summed E-state index contributed by atoms with van der Waals surface area (Å²) in [5.74, 6) is 1.95. The van der Waals surface area contributed by atoms with E-state index in [9.17, 15) is 4.79 Å². The normalized spacial score (nSPS) is 23.1. The number of nitrogens with zero attached hydrogens (tertiary/aromatic N) is 3. The van der Waals surface area contributed by atoms with Crippen LogP contribution in [0, 0.1) is 6.92 Å². The number of urea groups is 1. The summed E-state index contributed by atoms with van der Waals surface area (Å²) in [6, 6.07) is 8.92. The van der Waals surface area contributed by atoms with Crippen LogP contribution in [0.3, 0.4) is 0 Å². The molecule has 2 aliphatic rings. The van der Waals surface area contributed by atoms with E-state index in [1.54, 1.807) is 6.20 Å². The van der Waals surface area contributed by atoms with Gasteiger partial charge in [0.05, 0.1) is 25.3 Å². The predicted octanol–water partition coefficient (Wildman–Crippen LogP) is 3.57. The van der Waals surface area contributed by atoms with Crippen LogP contribution in [0.2, 0.25) is 0 Å². The number of aromatic nitrogens is 1. The van der Waals surface area contributed by atoms with Gasteiger partial charge in [0.15, 0.2) is 5.89 Å². The monoisotopic (exact) mass is 383 g/mol. The van der Waals surface area contributed by atoms with Crippen molar-refractivity contribution in [3.8, 4) is 0 Å². The lowest BCUT2D eigenvalue weighted by Crippen LogP contribution is -2.52. The Hall–Kier alpha value is -2.34. The maximum absolute atomic E-state index is 13.2. The highest BCUT2D eigenvalue weighted by Gasteiger charge is 2.35. The molecule has 4 rings (SSSR count). The number of likely N-dealkylation sites (tertiary alicyclic amines) is 1. The van der Waals surface area contributed by atoms with Gasteiger partial charge < -0.3 is 19.0 Å². The quantitative estimate of drug-likeness (QED) is 0.813. The van der Waals surface area contributed by atoms with Gasteiger partial charge >= 0.3 is 6.03 Å². The van der Waals surface area contributed by atoms with E-state index in [1.807, 2.05) is 16.7 Å². The fourth-order valence-corrected chi connectivity index (χ4v) is 4.22. The molecule has 28 heavy (non-hydrogen) atoms. The summed E-state index contributed by atoms with van der Waals surface area (Å²) in [6.07, 6.45) is 3.74. The number of ether oxygens (including phenoxy) is 1. The molecule has 1 aromatic carbocycles. The molecule has 150 valence electrons. The Balaban J connectivity index is 1.57. The van der Waals surface area contributed by atoms with Gasteiger partial charge in [-0.3, -0.25) is 0 Å².